The number of hydrogen-bond acceptors (Lipinski definition) is 5. The molecular formula is C14H20N2O4. The highest BCUT2D eigenvalue weighted by molar-refractivity contribution is 5.51. The molecule has 6 nitrogen and oxygen atoms in total. The minimum atomic E-state index is -0.410. The Bertz CT molecular complexity index is 492. The van der Waals surface area contributed by atoms with Crippen molar-refractivity contribution in [2.45, 2.75) is 38.5 Å². The average molecular weight is 280 g/mol. The maximum atomic E-state index is 11.1. The van der Waals surface area contributed by atoms with E-state index in [4.69, 9.17) is 9.47 Å². The maximum Gasteiger partial charge on any atom is 0.311 e. The van der Waals surface area contributed by atoms with Gasteiger partial charge in [0, 0.05) is 25.1 Å². The Morgan fingerprint density at radius 1 is 1.50 bits per heavy atom. The molecule has 0 radical (unpaired) electrons. The summed E-state index contributed by atoms with van der Waals surface area (Å²) in [7, 11) is 1.88. The molecule has 1 saturated carbocycles. The molecule has 0 spiro atoms. The summed E-state index contributed by atoms with van der Waals surface area (Å²) in [5.74, 6) is 0.349. The molecule has 1 aromatic rings. The molecule has 110 valence electrons. The van der Waals surface area contributed by atoms with Crippen LogP contribution in [0.5, 0.6) is 5.75 Å². The van der Waals surface area contributed by atoms with E-state index >= 15 is 0 Å². The van der Waals surface area contributed by atoms with Gasteiger partial charge in [0.05, 0.1) is 4.92 Å². The first-order valence-electron chi connectivity index (χ1n) is 6.78. The summed E-state index contributed by atoms with van der Waals surface area (Å²) in [6.45, 7) is 4.34. The number of nitro benzene ring substituents is 1. The standard InChI is InChI=1S/C14H20N2O4/c1-4-19-14-10(15-3)8-12(14)20-13-9(2)6-5-7-11(13)16(17)18/h5-7,10,12,14-15H,4,8H2,1-3H3. The highest BCUT2D eigenvalue weighted by Gasteiger charge is 2.43. The van der Waals surface area contributed by atoms with E-state index in [9.17, 15) is 10.1 Å². The van der Waals surface area contributed by atoms with Gasteiger partial charge in [-0.05, 0) is 26.5 Å². The number of nitro groups is 1. The Morgan fingerprint density at radius 2 is 2.25 bits per heavy atom. The molecule has 3 atom stereocenters. The van der Waals surface area contributed by atoms with Gasteiger partial charge in [0.25, 0.3) is 0 Å². The lowest BCUT2D eigenvalue weighted by molar-refractivity contribution is -0.386. The summed E-state index contributed by atoms with van der Waals surface area (Å²) < 4.78 is 11.5. The van der Waals surface area contributed by atoms with Crippen molar-refractivity contribution < 1.29 is 14.4 Å². The number of rotatable bonds is 6. The molecule has 1 fully saturated rings. The van der Waals surface area contributed by atoms with Crippen LogP contribution in [0.2, 0.25) is 0 Å². The maximum absolute atomic E-state index is 11.1. The predicted octanol–water partition coefficient (Wildman–Crippen LogP) is 2.05. The minimum absolute atomic E-state index is 0.00755. The Kier molecular flexibility index (Phi) is 4.57. The lowest BCUT2D eigenvalue weighted by Crippen LogP contribution is -2.60. The van der Waals surface area contributed by atoms with Crippen LogP contribution in [0.3, 0.4) is 0 Å². The van der Waals surface area contributed by atoms with Gasteiger partial charge in [-0.2, -0.15) is 0 Å². The van der Waals surface area contributed by atoms with Gasteiger partial charge in [-0.15, -0.1) is 0 Å². The molecule has 0 aliphatic heterocycles. The SMILES string of the molecule is CCOC1C(NC)CC1Oc1c(C)cccc1[N+](=O)[O-]. The van der Waals surface area contributed by atoms with Crippen molar-refractivity contribution in [1.82, 2.24) is 5.32 Å². The van der Waals surface area contributed by atoms with Crippen LogP contribution in [0, 0.1) is 17.0 Å². The smallest absolute Gasteiger partial charge is 0.311 e. The van der Waals surface area contributed by atoms with Crippen LogP contribution < -0.4 is 10.1 Å². The molecular weight excluding hydrogens is 260 g/mol. The van der Waals surface area contributed by atoms with Crippen LogP contribution in [0.4, 0.5) is 5.69 Å². The normalized spacial score (nSPS) is 25.1. The molecule has 1 N–H and O–H groups in total. The molecule has 2 rings (SSSR count). The summed E-state index contributed by atoms with van der Waals surface area (Å²) >= 11 is 0. The molecule has 1 aliphatic carbocycles. The van der Waals surface area contributed by atoms with E-state index in [2.05, 4.69) is 5.32 Å². The third-order valence-electron chi connectivity index (χ3n) is 3.64. The van der Waals surface area contributed by atoms with E-state index in [1.54, 1.807) is 6.07 Å². The molecule has 1 aliphatic rings. The quantitative estimate of drug-likeness (QED) is 0.637. The van der Waals surface area contributed by atoms with Crippen molar-refractivity contribution in [3.05, 3.63) is 33.9 Å². The second kappa shape index (κ2) is 6.19. The van der Waals surface area contributed by atoms with E-state index in [1.807, 2.05) is 27.0 Å². The minimum Gasteiger partial charge on any atom is -0.480 e. The summed E-state index contributed by atoms with van der Waals surface area (Å²) in [4.78, 5) is 10.7. The Labute approximate surface area is 118 Å². The largest absolute Gasteiger partial charge is 0.480 e. The summed E-state index contributed by atoms with van der Waals surface area (Å²) in [5.41, 5.74) is 0.774. The number of para-hydroxylation sites is 1. The molecule has 0 aromatic heterocycles. The summed E-state index contributed by atoms with van der Waals surface area (Å²) in [6, 6.07) is 5.18. The third-order valence-corrected chi connectivity index (χ3v) is 3.64. The monoisotopic (exact) mass is 280 g/mol. The van der Waals surface area contributed by atoms with Gasteiger partial charge in [0.2, 0.25) is 0 Å². The molecule has 6 heteroatoms. The fraction of sp³-hybridized carbons (Fsp3) is 0.571. The van der Waals surface area contributed by atoms with Crippen molar-refractivity contribution >= 4 is 5.69 Å². The number of nitrogens with one attached hydrogen (secondary N) is 1. The first-order valence-corrected chi connectivity index (χ1v) is 6.78. The fourth-order valence-electron chi connectivity index (χ4n) is 2.48. The van der Waals surface area contributed by atoms with Gasteiger partial charge in [0.1, 0.15) is 12.2 Å². The zero-order valence-electron chi connectivity index (χ0n) is 12.0. The van der Waals surface area contributed by atoms with E-state index in [1.165, 1.54) is 6.07 Å². The number of benzene rings is 1. The van der Waals surface area contributed by atoms with Crippen LogP contribution in [0.15, 0.2) is 18.2 Å². The van der Waals surface area contributed by atoms with Crippen molar-refractivity contribution in [3.63, 3.8) is 0 Å². The second-order valence-electron chi connectivity index (χ2n) is 4.89. The van der Waals surface area contributed by atoms with Gasteiger partial charge in [-0.25, -0.2) is 0 Å². The van der Waals surface area contributed by atoms with Gasteiger partial charge >= 0.3 is 5.69 Å². The molecule has 20 heavy (non-hydrogen) atoms. The van der Waals surface area contributed by atoms with E-state index in [0.717, 1.165) is 12.0 Å². The van der Waals surface area contributed by atoms with Crippen LogP contribution in [-0.4, -0.2) is 36.8 Å². The van der Waals surface area contributed by atoms with Gasteiger partial charge in [-0.1, -0.05) is 12.1 Å². The van der Waals surface area contributed by atoms with Crippen molar-refractivity contribution in [2.24, 2.45) is 0 Å². The second-order valence-corrected chi connectivity index (χ2v) is 4.89. The summed E-state index contributed by atoms with van der Waals surface area (Å²) in [5, 5.41) is 14.2. The highest BCUT2D eigenvalue weighted by Crippen LogP contribution is 2.36. The number of hydrogen-bond donors (Lipinski definition) is 1. The lowest BCUT2D eigenvalue weighted by atomic mass is 9.85. The first-order chi connectivity index (χ1) is 9.58. The topological polar surface area (TPSA) is 73.6 Å². The van der Waals surface area contributed by atoms with Gasteiger partial charge in [-0.3, -0.25) is 10.1 Å². The molecule has 0 heterocycles. The van der Waals surface area contributed by atoms with Crippen LogP contribution in [0.1, 0.15) is 18.9 Å². The van der Waals surface area contributed by atoms with E-state index < -0.39 is 4.92 Å². The Morgan fingerprint density at radius 3 is 2.85 bits per heavy atom. The molecule has 0 saturated heterocycles. The van der Waals surface area contributed by atoms with Crippen LogP contribution in [-0.2, 0) is 4.74 Å². The van der Waals surface area contributed by atoms with Crippen molar-refractivity contribution in [3.8, 4) is 5.75 Å². The average Bonchev–Trinajstić information content (AvgIpc) is 2.41. The highest BCUT2D eigenvalue weighted by atomic mass is 16.6. The van der Waals surface area contributed by atoms with E-state index in [-0.39, 0.29) is 23.9 Å². The lowest BCUT2D eigenvalue weighted by Gasteiger charge is -2.43. The number of aryl methyl sites for hydroxylation is 1. The fourth-order valence-corrected chi connectivity index (χ4v) is 2.48. The zero-order chi connectivity index (χ0) is 14.7. The number of ether oxygens (including phenoxy) is 2. The molecule has 0 amide bonds. The van der Waals surface area contributed by atoms with Crippen molar-refractivity contribution in [1.29, 1.82) is 0 Å². The van der Waals surface area contributed by atoms with Crippen LogP contribution in [0.25, 0.3) is 0 Å². The Balaban J connectivity index is 2.16. The van der Waals surface area contributed by atoms with Gasteiger partial charge in [0.15, 0.2) is 5.75 Å². The Hall–Kier alpha value is -1.66. The van der Waals surface area contributed by atoms with Crippen LogP contribution >= 0.6 is 0 Å². The predicted molar refractivity (Wildman–Crippen MR) is 75.1 cm³/mol. The molecule has 0 bridgehead atoms. The molecule has 3 unspecified atom stereocenters. The first kappa shape index (κ1) is 14.7. The number of nitrogens with zero attached hydrogens (tertiary/aromatic N) is 1. The number of likely N-dealkylation sites (N-methyl/N-ethyl adjacent to an activating group) is 1. The van der Waals surface area contributed by atoms with E-state index in [0.29, 0.717) is 12.4 Å². The van der Waals surface area contributed by atoms with Gasteiger partial charge < -0.3 is 14.8 Å². The van der Waals surface area contributed by atoms with Crippen molar-refractivity contribution in [2.75, 3.05) is 13.7 Å². The third kappa shape index (κ3) is 2.76. The molecule has 1 aromatic carbocycles. The zero-order valence-corrected chi connectivity index (χ0v) is 12.0. The summed E-state index contributed by atoms with van der Waals surface area (Å²) in [6.07, 6.45) is 0.573.